The number of nitrogens with one attached hydrogen (secondary N) is 2. The Morgan fingerprint density at radius 2 is 1.94 bits per heavy atom. The molecule has 10 heteroatoms. The summed E-state index contributed by atoms with van der Waals surface area (Å²) >= 11 is 0. The monoisotopic (exact) mass is 447 g/mol. The van der Waals surface area contributed by atoms with E-state index >= 15 is 0 Å². The minimum Gasteiger partial charge on any atom is -0.375 e. The summed E-state index contributed by atoms with van der Waals surface area (Å²) in [5.41, 5.74) is 1.96. The van der Waals surface area contributed by atoms with Crippen LogP contribution in [0.5, 0.6) is 0 Å². The van der Waals surface area contributed by atoms with Crippen LogP contribution >= 0.6 is 0 Å². The summed E-state index contributed by atoms with van der Waals surface area (Å²) in [7, 11) is 1.50. The number of rotatable bonds is 6. The third-order valence-electron chi connectivity index (χ3n) is 6.54. The van der Waals surface area contributed by atoms with Gasteiger partial charge >= 0.3 is 6.18 Å². The molecule has 32 heavy (non-hydrogen) atoms. The van der Waals surface area contributed by atoms with E-state index in [0.29, 0.717) is 5.69 Å². The minimum absolute atomic E-state index is 0.00464. The lowest BCUT2D eigenvalue weighted by atomic mass is 9.91. The number of aromatic nitrogens is 2. The number of ether oxygens (including phenoxy) is 1. The molecule has 1 saturated carbocycles. The number of nitrogens with zero attached hydrogens (tertiary/aromatic N) is 3. The van der Waals surface area contributed by atoms with E-state index in [1.807, 2.05) is 23.1 Å². The molecule has 0 unspecified atom stereocenters. The van der Waals surface area contributed by atoms with Gasteiger partial charge < -0.3 is 20.3 Å². The molecule has 2 N–H and O–H groups in total. The van der Waals surface area contributed by atoms with Crippen LogP contribution in [0.4, 0.5) is 30.6 Å². The van der Waals surface area contributed by atoms with Crippen LogP contribution in [0.25, 0.3) is 0 Å². The molecule has 2 aliphatic heterocycles. The fraction of sp³-hybridized carbons (Fsp3) is 0.500. The van der Waals surface area contributed by atoms with Crippen molar-refractivity contribution in [1.29, 1.82) is 0 Å². The minimum atomic E-state index is -4.53. The molecular weight excluding hydrogens is 423 g/mol. The summed E-state index contributed by atoms with van der Waals surface area (Å²) in [6.07, 6.45) is 0.731. The number of benzene rings is 1. The summed E-state index contributed by atoms with van der Waals surface area (Å²) in [4.78, 5) is 22.4. The molecule has 1 aliphatic carbocycles. The van der Waals surface area contributed by atoms with E-state index in [0.717, 1.165) is 49.4 Å². The van der Waals surface area contributed by atoms with E-state index in [-0.39, 0.29) is 42.4 Å². The van der Waals surface area contributed by atoms with Gasteiger partial charge in [-0.3, -0.25) is 4.79 Å². The van der Waals surface area contributed by atoms with Crippen LogP contribution in [0.3, 0.4) is 0 Å². The van der Waals surface area contributed by atoms with Gasteiger partial charge in [0.2, 0.25) is 11.9 Å². The molecule has 7 nitrogen and oxygen atoms in total. The molecule has 1 aromatic heterocycles. The Morgan fingerprint density at radius 1 is 1.19 bits per heavy atom. The van der Waals surface area contributed by atoms with Crippen LogP contribution in [-0.4, -0.2) is 40.5 Å². The Bertz CT molecular complexity index is 1040. The Kier molecular flexibility index (Phi) is 5.19. The van der Waals surface area contributed by atoms with Crippen LogP contribution in [0.2, 0.25) is 0 Å². The molecular formula is C22H24F3N5O2. The van der Waals surface area contributed by atoms with E-state index in [1.54, 1.807) is 0 Å². The predicted molar refractivity (Wildman–Crippen MR) is 111 cm³/mol. The van der Waals surface area contributed by atoms with Gasteiger partial charge in [-0.25, -0.2) is 4.98 Å². The summed E-state index contributed by atoms with van der Waals surface area (Å²) in [6.45, 7) is 0.0439. The van der Waals surface area contributed by atoms with E-state index in [4.69, 9.17) is 4.74 Å². The number of halogens is 3. The quantitative estimate of drug-likeness (QED) is 0.676. The second-order valence-corrected chi connectivity index (χ2v) is 8.54. The number of hydrogen-bond acceptors (Lipinski definition) is 6. The first kappa shape index (κ1) is 21.0. The first-order valence-electron chi connectivity index (χ1n) is 10.8. The molecule has 2 bridgehead atoms. The molecule has 1 amide bonds. The van der Waals surface area contributed by atoms with E-state index in [1.165, 1.54) is 7.11 Å². The van der Waals surface area contributed by atoms with Gasteiger partial charge in [0.1, 0.15) is 18.0 Å². The normalized spacial score (nSPS) is 21.9. The van der Waals surface area contributed by atoms with Gasteiger partial charge in [0, 0.05) is 25.0 Å². The number of methoxy groups -OCH3 is 1. The topological polar surface area (TPSA) is 79.4 Å². The summed E-state index contributed by atoms with van der Waals surface area (Å²) in [5.74, 6) is -0.144. The number of carbonyl (C=O) groups excluding carboxylic acids is 1. The molecule has 5 rings (SSSR count). The lowest BCUT2D eigenvalue weighted by molar-refractivity contribution is -0.138. The zero-order valence-corrected chi connectivity index (χ0v) is 17.6. The van der Waals surface area contributed by atoms with Crippen molar-refractivity contribution in [2.24, 2.45) is 0 Å². The van der Waals surface area contributed by atoms with Gasteiger partial charge in [0.15, 0.2) is 0 Å². The fourth-order valence-electron chi connectivity index (χ4n) is 4.85. The van der Waals surface area contributed by atoms with Gasteiger partial charge in [0.05, 0.1) is 12.1 Å². The van der Waals surface area contributed by atoms with Gasteiger partial charge in [0.25, 0.3) is 0 Å². The average Bonchev–Trinajstić information content (AvgIpc) is 3.27. The number of alkyl halides is 3. The zero-order valence-electron chi connectivity index (χ0n) is 17.6. The molecule has 3 heterocycles. The number of carbonyl (C=O) groups is 1. The maximum atomic E-state index is 13.4. The van der Waals surface area contributed by atoms with E-state index in [2.05, 4.69) is 20.6 Å². The smallest absolute Gasteiger partial charge is 0.375 e. The molecule has 3 aliphatic rings. The Morgan fingerprint density at radius 3 is 2.59 bits per heavy atom. The van der Waals surface area contributed by atoms with Crippen molar-refractivity contribution < 1.29 is 22.7 Å². The highest BCUT2D eigenvalue weighted by Gasteiger charge is 2.46. The van der Waals surface area contributed by atoms with Gasteiger partial charge in [-0.2, -0.15) is 18.2 Å². The van der Waals surface area contributed by atoms with Crippen molar-refractivity contribution in [1.82, 2.24) is 14.9 Å². The highest BCUT2D eigenvalue weighted by atomic mass is 19.4. The highest BCUT2D eigenvalue weighted by molar-refractivity contribution is 5.80. The molecule has 1 aromatic carbocycles. The maximum absolute atomic E-state index is 13.4. The summed E-state index contributed by atoms with van der Waals surface area (Å²) in [5, 5.41) is 5.94. The number of fused-ring (bicyclic) bond motifs is 5. The van der Waals surface area contributed by atoms with Crippen LogP contribution < -0.4 is 10.6 Å². The molecule has 2 aromatic rings. The van der Waals surface area contributed by atoms with Crippen molar-refractivity contribution in [3.8, 4) is 0 Å². The molecule has 2 atom stereocenters. The fourth-order valence-corrected chi connectivity index (χ4v) is 4.85. The van der Waals surface area contributed by atoms with Gasteiger partial charge in [-0.1, -0.05) is 6.07 Å². The second kappa shape index (κ2) is 7.91. The lowest BCUT2D eigenvalue weighted by Crippen LogP contribution is -2.30. The molecule has 170 valence electrons. The molecule has 2 fully saturated rings. The zero-order chi connectivity index (χ0) is 22.5. The Hall–Kier alpha value is -2.88. The van der Waals surface area contributed by atoms with Crippen LogP contribution in [0.1, 0.15) is 60.9 Å². The molecule has 0 spiro atoms. The standard InChI is InChI=1S/C22H24F3N5O2/c1-32-11-19(31)30-17-7-8-18(30)15-9-13(5-6-14(15)17)28-21-26-10-16(22(23,24)25)20(29-21)27-12-3-2-4-12/h5-6,9-10,12,17-18H,2-4,7-8,11H2,1H3,(H2,26,27,28,29)/t17-,18+/m0/s1. The first-order chi connectivity index (χ1) is 15.3. The first-order valence-corrected chi connectivity index (χ1v) is 10.8. The SMILES string of the molecule is COCC(=O)N1[C@@H]2CC[C@H]1c1ccc(Nc3ncc(C(F)(F)F)c(NC4CCC4)n3)cc12. The Balaban J connectivity index is 1.39. The maximum Gasteiger partial charge on any atom is 0.421 e. The summed E-state index contributed by atoms with van der Waals surface area (Å²) < 4.78 is 45.2. The van der Waals surface area contributed by atoms with Crippen molar-refractivity contribution in [2.75, 3.05) is 24.4 Å². The summed E-state index contributed by atoms with van der Waals surface area (Å²) in [6, 6.07) is 5.79. The lowest BCUT2D eigenvalue weighted by Gasteiger charge is -2.28. The second-order valence-electron chi connectivity index (χ2n) is 8.54. The largest absolute Gasteiger partial charge is 0.421 e. The highest BCUT2D eigenvalue weighted by Crippen LogP contribution is 2.53. The van der Waals surface area contributed by atoms with Crippen molar-refractivity contribution in [3.63, 3.8) is 0 Å². The molecule has 0 radical (unpaired) electrons. The average molecular weight is 447 g/mol. The van der Waals surface area contributed by atoms with Crippen molar-refractivity contribution in [3.05, 3.63) is 41.1 Å². The van der Waals surface area contributed by atoms with Gasteiger partial charge in [-0.05, 0) is 55.4 Å². The van der Waals surface area contributed by atoms with E-state index in [9.17, 15) is 18.0 Å². The third kappa shape index (κ3) is 3.66. The van der Waals surface area contributed by atoms with Crippen LogP contribution in [-0.2, 0) is 15.7 Å². The van der Waals surface area contributed by atoms with Crippen molar-refractivity contribution in [2.45, 2.75) is 56.4 Å². The number of amides is 1. The number of anilines is 3. The molecule has 1 saturated heterocycles. The number of hydrogen-bond donors (Lipinski definition) is 2. The van der Waals surface area contributed by atoms with Gasteiger partial charge in [-0.15, -0.1) is 0 Å². The van der Waals surface area contributed by atoms with Crippen LogP contribution in [0.15, 0.2) is 24.4 Å². The van der Waals surface area contributed by atoms with E-state index < -0.39 is 11.7 Å². The Labute approximate surface area is 183 Å². The van der Waals surface area contributed by atoms with Crippen LogP contribution in [0, 0.1) is 0 Å². The third-order valence-corrected chi connectivity index (χ3v) is 6.54. The van der Waals surface area contributed by atoms with Crippen molar-refractivity contribution >= 4 is 23.4 Å². The predicted octanol–water partition coefficient (Wildman–Crippen LogP) is 4.57.